The van der Waals surface area contributed by atoms with Gasteiger partial charge in [0.1, 0.15) is 11.0 Å². The maximum Gasteiger partial charge on any atom is 0.153 e. The number of hydrogen-bond acceptors (Lipinski definition) is 2. The van der Waals surface area contributed by atoms with Gasteiger partial charge in [-0.15, -0.1) is 0 Å². The maximum absolute atomic E-state index is 13.1. The number of carbonyl (C=O) groups is 1. The van der Waals surface area contributed by atoms with Crippen LogP contribution in [0.2, 0.25) is 5.15 Å². The molecular formula is C11H7ClFNO. The van der Waals surface area contributed by atoms with Crippen LogP contribution in [-0.4, -0.2) is 11.3 Å². The number of aryl methyl sites for hydroxylation is 1. The zero-order valence-electron chi connectivity index (χ0n) is 7.92. The molecule has 0 aliphatic carbocycles. The van der Waals surface area contributed by atoms with Crippen LogP contribution in [0.15, 0.2) is 18.2 Å². The lowest BCUT2D eigenvalue weighted by Gasteiger charge is -2.03. The molecular weight excluding hydrogens is 217 g/mol. The smallest absolute Gasteiger partial charge is 0.153 e. The fourth-order valence-corrected chi connectivity index (χ4v) is 1.68. The largest absolute Gasteiger partial charge is 0.298 e. The van der Waals surface area contributed by atoms with Crippen molar-refractivity contribution in [2.24, 2.45) is 0 Å². The Balaban J connectivity index is 2.87. The lowest BCUT2D eigenvalue weighted by Crippen LogP contribution is -1.91. The molecule has 0 amide bonds. The van der Waals surface area contributed by atoms with E-state index in [1.54, 1.807) is 6.92 Å². The lowest BCUT2D eigenvalue weighted by atomic mass is 10.1. The lowest BCUT2D eigenvalue weighted by molar-refractivity contribution is 0.112. The van der Waals surface area contributed by atoms with Crippen molar-refractivity contribution in [2.45, 2.75) is 6.92 Å². The van der Waals surface area contributed by atoms with Crippen LogP contribution in [0.4, 0.5) is 4.39 Å². The summed E-state index contributed by atoms with van der Waals surface area (Å²) in [5.41, 5.74) is 1.59. The first-order valence-corrected chi connectivity index (χ1v) is 4.71. The molecule has 0 bridgehead atoms. The van der Waals surface area contributed by atoms with E-state index < -0.39 is 0 Å². The summed E-state index contributed by atoms with van der Waals surface area (Å²) in [5.74, 6) is -0.346. The average Bonchev–Trinajstić information content (AvgIpc) is 2.18. The average molecular weight is 224 g/mol. The normalized spacial score (nSPS) is 10.6. The highest BCUT2D eigenvalue weighted by molar-refractivity contribution is 6.32. The Kier molecular flexibility index (Phi) is 2.40. The molecule has 15 heavy (non-hydrogen) atoms. The minimum Gasteiger partial charge on any atom is -0.298 e. The minimum atomic E-state index is -0.346. The highest BCUT2D eigenvalue weighted by Crippen LogP contribution is 2.23. The molecule has 0 aliphatic rings. The van der Waals surface area contributed by atoms with E-state index in [2.05, 4.69) is 4.98 Å². The Bertz CT molecular complexity index is 554. The van der Waals surface area contributed by atoms with E-state index in [4.69, 9.17) is 11.6 Å². The summed E-state index contributed by atoms with van der Waals surface area (Å²) in [6, 6.07) is 4.25. The molecule has 0 atom stereocenters. The van der Waals surface area contributed by atoms with Crippen molar-refractivity contribution >= 4 is 28.8 Å². The van der Waals surface area contributed by atoms with Gasteiger partial charge in [-0.25, -0.2) is 9.37 Å². The number of aromatic nitrogens is 1. The van der Waals surface area contributed by atoms with Crippen LogP contribution < -0.4 is 0 Å². The number of fused-ring (bicyclic) bond motifs is 1. The molecule has 0 N–H and O–H groups in total. The minimum absolute atomic E-state index is 0.146. The van der Waals surface area contributed by atoms with Gasteiger partial charge in [0.2, 0.25) is 0 Å². The fourth-order valence-electron chi connectivity index (χ4n) is 1.50. The van der Waals surface area contributed by atoms with Crippen LogP contribution in [0, 0.1) is 12.7 Å². The Morgan fingerprint density at radius 2 is 2.13 bits per heavy atom. The molecule has 2 rings (SSSR count). The Hall–Kier alpha value is -1.48. The van der Waals surface area contributed by atoms with Gasteiger partial charge in [-0.3, -0.25) is 4.79 Å². The van der Waals surface area contributed by atoms with Gasteiger partial charge in [0.15, 0.2) is 6.29 Å². The van der Waals surface area contributed by atoms with E-state index >= 15 is 0 Å². The van der Waals surface area contributed by atoms with Crippen LogP contribution in [0.1, 0.15) is 15.9 Å². The zero-order valence-corrected chi connectivity index (χ0v) is 8.68. The van der Waals surface area contributed by atoms with Crippen LogP contribution in [0.25, 0.3) is 10.9 Å². The van der Waals surface area contributed by atoms with Gasteiger partial charge in [-0.1, -0.05) is 11.6 Å². The molecule has 0 saturated heterocycles. The summed E-state index contributed by atoms with van der Waals surface area (Å²) < 4.78 is 13.1. The van der Waals surface area contributed by atoms with Crippen molar-refractivity contribution in [3.8, 4) is 0 Å². The van der Waals surface area contributed by atoms with Crippen molar-refractivity contribution in [1.29, 1.82) is 0 Å². The van der Waals surface area contributed by atoms with Crippen molar-refractivity contribution in [2.75, 3.05) is 0 Å². The number of hydrogen-bond donors (Lipinski definition) is 0. The van der Waals surface area contributed by atoms with Gasteiger partial charge < -0.3 is 0 Å². The number of halogens is 2. The summed E-state index contributed by atoms with van der Waals surface area (Å²) >= 11 is 5.78. The van der Waals surface area contributed by atoms with Crippen LogP contribution in [0.3, 0.4) is 0 Å². The maximum atomic E-state index is 13.1. The van der Waals surface area contributed by atoms with E-state index in [0.29, 0.717) is 22.8 Å². The van der Waals surface area contributed by atoms with Crippen molar-refractivity contribution in [3.63, 3.8) is 0 Å². The van der Waals surface area contributed by atoms with Gasteiger partial charge >= 0.3 is 0 Å². The number of carbonyl (C=O) groups excluding carboxylic acids is 1. The van der Waals surface area contributed by atoms with E-state index in [9.17, 15) is 9.18 Å². The summed E-state index contributed by atoms with van der Waals surface area (Å²) in [7, 11) is 0. The SMILES string of the molecule is Cc1cc(F)cc2cc(C=O)c(Cl)nc12. The van der Waals surface area contributed by atoms with E-state index in [-0.39, 0.29) is 16.5 Å². The first-order chi connectivity index (χ1) is 7.11. The molecule has 1 heterocycles. The molecule has 1 aromatic heterocycles. The quantitative estimate of drug-likeness (QED) is 0.549. The number of rotatable bonds is 1. The molecule has 0 spiro atoms. The molecule has 0 fully saturated rings. The van der Waals surface area contributed by atoms with Crippen LogP contribution in [0.5, 0.6) is 0 Å². The number of nitrogens with zero attached hydrogens (tertiary/aromatic N) is 1. The molecule has 0 aliphatic heterocycles. The number of aldehydes is 1. The first kappa shape index (κ1) is 10.1. The molecule has 2 nitrogen and oxygen atoms in total. The van der Waals surface area contributed by atoms with Crippen LogP contribution in [-0.2, 0) is 0 Å². The first-order valence-electron chi connectivity index (χ1n) is 4.33. The zero-order chi connectivity index (χ0) is 11.0. The number of pyridine rings is 1. The highest BCUT2D eigenvalue weighted by Gasteiger charge is 2.07. The van der Waals surface area contributed by atoms with Gasteiger partial charge in [0, 0.05) is 5.39 Å². The predicted octanol–water partition coefficient (Wildman–Crippen LogP) is 3.15. The standard InChI is InChI=1S/C11H7ClFNO/c1-6-2-9(13)4-7-3-8(5-15)11(12)14-10(6)7/h2-5H,1H3. The molecule has 1 aromatic carbocycles. The second-order valence-electron chi connectivity index (χ2n) is 3.28. The van der Waals surface area contributed by atoms with Gasteiger partial charge in [-0.2, -0.15) is 0 Å². The second-order valence-corrected chi connectivity index (χ2v) is 3.64. The van der Waals surface area contributed by atoms with Crippen molar-refractivity contribution in [1.82, 2.24) is 4.98 Å². The fraction of sp³-hybridized carbons (Fsp3) is 0.0909. The van der Waals surface area contributed by atoms with Gasteiger partial charge in [0.25, 0.3) is 0 Å². The van der Waals surface area contributed by atoms with E-state index in [0.717, 1.165) is 0 Å². The molecule has 0 unspecified atom stereocenters. The molecule has 0 radical (unpaired) electrons. The molecule has 76 valence electrons. The summed E-state index contributed by atoms with van der Waals surface area (Å²) in [6.45, 7) is 1.75. The van der Waals surface area contributed by atoms with Crippen molar-refractivity contribution in [3.05, 3.63) is 40.3 Å². The Labute approximate surface area is 90.7 Å². The third-order valence-electron chi connectivity index (χ3n) is 2.18. The summed E-state index contributed by atoms with van der Waals surface area (Å²) in [6.07, 6.45) is 0.606. The highest BCUT2D eigenvalue weighted by atomic mass is 35.5. The van der Waals surface area contributed by atoms with Crippen LogP contribution >= 0.6 is 11.6 Å². The summed E-state index contributed by atoms with van der Waals surface area (Å²) in [4.78, 5) is 14.7. The predicted molar refractivity (Wildman–Crippen MR) is 56.8 cm³/mol. The molecule has 0 saturated carbocycles. The third-order valence-corrected chi connectivity index (χ3v) is 2.48. The molecule has 4 heteroatoms. The van der Waals surface area contributed by atoms with E-state index in [1.165, 1.54) is 18.2 Å². The van der Waals surface area contributed by atoms with Gasteiger partial charge in [0.05, 0.1) is 11.1 Å². The second kappa shape index (κ2) is 3.59. The Morgan fingerprint density at radius 1 is 1.40 bits per heavy atom. The van der Waals surface area contributed by atoms with Gasteiger partial charge in [-0.05, 0) is 30.7 Å². The third kappa shape index (κ3) is 1.70. The molecule has 2 aromatic rings. The monoisotopic (exact) mass is 223 g/mol. The summed E-state index contributed by atoms with van der Waals surface area (Å²) in [5, 5.41) is 0.728. The number of benzene rings is 1. The van der Waals surface area contributed by atoms with Crippen molar-refractivity contribution < 1.29 is 9.18 Å². The Morgan fingerprint density at radius 3 is 2.80 bits per heavy atom. The topological polar surface area (TPSA) is 30.0 Å². The van der Waals surface area contributed by atoms with E-state index in [1.807, 2.05) is 0 Å².